The van der Waals surface area contributed by atoms with Gasteiger partial charge in [-0.2, -0.15) is 22.0 Å². The Labute approximate surface area is 101 Å². The molecule has 1 heterocycles. The van der Waals surface area contributed by atoms with Crippen LogP contribution in [0.25, 0.3) is 0 Å². The average molecular weight is 274 g/mol. The van der Waals surface area contributed by atoms with Gasteiger partial charge in [0.15, 0.2) is 0 Å². The van der Waals surface area contributed by atoms with Crippen molar-refractivity contribution in [2.75, 3.05) is 26.7 Å². The zero-order valence-corrected chi connectivity index (χ0v) is 9.86. The van der Waals surface area contributed by atoms with Crippen LogP contribution in [0, 0.1) is 5.92 Å². The van der Waals surface area contributed by atoms with E-state index in [9.17, 15) is 26.7 Å². The van der Waals surface area contributed by atoms with Crippen molar-refractivity contribution in [2.45, 2.75) is 24.9 Å². The average Bonchev–Trinajstić information content (AvgIpc) is 2.26. The summed E-state index contributed by atoms with van der Waals surface area (Å²) in [4.78, 5) is 12.9. The number of piperidine rings is 1. The molecule has 0 aromatic heterocycles. The number of hydrogen-bond acceptors (Lipinski definition) is 2. The van der Waals surface area contributed by atoms with E-state index in [4.69, 9.17) is 0 Å². The number of hydrogen-bond donors (Lipinski definition) is 1. The fourth-order valence-corrected chi connectivity index (χ4v) is 1.74. The first kappa shape index (κ1) is 15.1. The Morgan fingerprint density at radius 2 is 1.72 bits per heavy atom. The number of nitrogens with zero attached hydrogens (tertiary/aromatic N) is 1. The predicted octanol–water partition coefficient (Wildman–Crippen LogP) is 1.64. The number of amides is 1. The molecule has 1 aliphatic rings. The van der Waals surface area contributed by atoms with Gasteiger partial charge in [-0.25, -0.2) is 0 Å². The Kier molecular flexibility index (Phi) is 4.52. The van der Waals surface area contributed by atoms with Crippen LogP contribution in [0.5, 0.6) is 0 Å². The van der Waals surface area contributed by atoms with Crippen molar-refractivity contribution in [3.05, 3.63) is 0 Å². The van der Waals surface area contributed by atoms with E-state index in [1.54, 1.807) is 5.32 Å². The molecule has 0 spiro atoms. The summed E-state index contributed by atoms with van der Waals surface area (Å²) in [5.41, 5.74) is 0. The summed E-state index contributed by atoms with van der Waals surface area (Å²) in [6.45, 7) is 1.35. The van der Waals surface area contributed by atoms with Crippen LogP contribution in [0.1, 0.15) is 12.8 Å². The van der Waals surface area contributed by atoms with Crippen LogP contribution in [0.15, 0.2) is 0 Å². The molecule has 18 heavy (non-hydrogen) atoms. The Hall–Kier alpha value is -0.920. The van der Waals surface area contributed by atoms with Crippen molar-refractivity contribution in [3.63, 3.8) is 0 Å². The molecule has 1 aliphatic heterocycles. The van der Waals surface area contributed by atoms with Crippen LogP contribution < -0.4 is 5.32 Å². The quantitative estimate of drug-likeness (QED) is 0.794. The Bertz CT molecular complexity index is 297. The fourth-order valence-electron chi connectivity index (χ4n) is 1.74. The van der Waals surface area contributed by atoms with Crippen molar-refractivity contribution in [1.29, 1.82) is 0 Å². The molecule has 0 aromatic rings. The Morgan fingerprint density at radius 3 is 2.17 bits per heavy atom. The Balaban J connectivity index is 2.42. The number of rotatable bonds is 3. The summed E-state index contributed by atoms with van der Waals surface area (Å²) in [7, 11) is 1.90. The van der Waals surface area contributed by atoms with Gasteiger partial charge in [-0.3, -0.25) is 4.79 Å². The second-order valence-corrected chi connectivity index (χ2v) is 4.53. The third-order valence-corrected chi connectivity index (χ3v) is 3.03. The largest absolute Gasteiger partial charge is 0.463 e. The monoisotopic (exact) mass is 274 g/mol. The summed E-state index contributed by atoms with van der Waals surface area (Å²) in [6, 6.07) is 0. The van der Waals surface area contributed by atoms with Crippen LogP contribution in [-0.4, -0.2) is 49.6 Å². The first-order chi connectivity index (χ1) is 8.14. The number of nitrogens with one attached hydrogen (secondary N) is 1. The second kappa shape index (κ2) is 5.38. The number of carbonyl (C=O) groups is 1. The molecular formula is C10H15F5N2O. The maximum absolute atomic E-state index is 12.6. The number of likely N-dealkylation sites (tertiary alicyclic amines) is 1. The summed E-state index contributed by atoms with van der Waals surface area (Å²) < 4.78 is 60.8. The van der Waals surface area contributed by atoms with E-state index in [1.807, 2.05) is 11.9 Å². The molecule has 106 valence electrons. The minimum absolute atomic E-state index is 0.0471. The summed E-state index contributed by atoms with van der Waals surface area (Å²) in [5.74, 6) is -7.64. The zero-order chi connectivity index (χ0) is 14.0. The van der Waals surface area contributed by atoms with Gasteiger partial charge in [0.1, 0.15) is 0 Å². The lowest BCUT2D eigenvalue weighted by atomic mass is 9.97. The minimum Gasteiger partial charge on any atom is -0.350 e. The van der Waals surface area contributed by atoms with E-state index >= 15 is 0 Å². The molecule has 0 atom stereocenters. The first-order valence-corrected chi connectivity index (χ1v) is 5.56. The lowest BCUT2D eigenvalue weighted by molar-refractivity contribution is -0.269. The molecule has 1 amide bonds. The maximum atomic E-state index is 12.6. The van der Waals surface area contributed by atoms with Gasteiger partial charge in [-0.1, -0.05) is 0 Å². The standard InChI is InChI=1S/C10H15F5N2O/c1-17-4-2-7(3-5-17)6-16-8(18)9(11,12)10(13,14)15/h7H,2-6H2,1H3,(H,16,18). The van der Waals surface area contributed by atoms with Crippen molar-refractivity contribution in [3.8, 4) is 0 Å². The van der Waals surface area contributed by atoms with Gasteiger partial charge in [-0.15, -0.1) is 0 Å². The van der Waals surface area contributed by atoms with Gasteiger partial charge in [0.05, 0.1) is 0 Å². The molecular weight excluding hydrogens is 259 g/mol. The van der Waals surface area contributed by atoms with Crippen LogP contribution in [0.3, 0.4) is 0 Å². The summed E-state index contributed by atoms with van der Waals surface area (Å²) in [5, 5.41) is 1.69. The van der Waals surface area contributed by atoms with Crippen LogP contribution >= 0.6 is 0 Å². The van der Waals surface area contributed by atoms with Crippen LogP contribution in [0.4, 0.5) is 22.0 Å². The van der Waals surface area contributed by atoms with Crippen LogP contribution in [-0.2, 0) is 4.79 Å². The molecule has 0 aromatic carbocycles. The molecule has 1 fully saturated rings. The normalized spacial score (nSPS) is 19.9. The molecule has 1 N–H and O–H groups in total. The van der Waals surface area contributed by atoms with Crippen molar-refractivity contribution >= 4 is 5.91 Å². The summed E-state index contributed by atoms with van der Waals surface area (Å²) in [6.07, 6.45) is -4.49. The molecule has 0 unspecified atom stereocenters. The van der Waals surface area contributed by atoms with E-state index in [0.29, 0.717) is 12.8 Å². The first-order valence-electron chi connectivity index (χ1n) is 5.56. The molecule has 0 radical (unpaired) electrons. The van der Waals surface area contributed by atoms with E-state index < -0.39 is 18.0 Å². The lowest BCUT2D eigenvalue weighted by Crippen LogP contribution is -2.51. The second-order valence-electron chi connectivity index (χ2n) is 4.53. The van der Waals surface area contributed by atoms with E-state index in [-0.39, 0.29) is 12.5 Å². The highest BCUT2D eigenvalue weighted by atomic mass is 19.4. The fraction of sp³-hybridized carbons (Fsp3) is 0.900. The number of carbonyl (C=O) groups excluding carboxylic acids is 1. The highest BCUT2D eigenvalue weighted by Gasteiger charge is 2.63. The van der Waals surface area contributed by atoms with E-state index in [0.717, 1.165) is 13.1 Å². The number of halogens is 5. The molecule has 0 saturated carbocycles. The van der Waals surface area contributed by atoms with Gasteiger partial charge in [-0.05, 0) is 38.9 Å². The van der Waals surface area contributed by atoms with Gasteiger partial charge in [0, 0.05) is 6.54 Å². The lowest BCUT2D eigenvalue weighted by Gasteiger charge is -2.29. The third kappa shape index (κ3) is 3.54. The highest BCUT2D eigenvalue weighted by Crippen LogP contribution is 2.35. The third-order valence-electron chi connectivity index (χ3n) is 3.03. The van der Waals surface area contributed by atoms with Crippen molar-refractivity contribution < 1.29 is 26.7 Å². The molecule has 0 aliphatic carbocycles. The summed E-state index contributed by atoms with van der Waals surface area (Å²) >= 11 is 0. The van der Waals surface area contributed by atoms with Gasteiger partial charge in [0.2, 0.25) is 0 Å². The molecule has 3 nitrogen and oxygen atoms in total. The SMILES string of the molecule is CN1CCC(CNC(=O)C(F)(F)C(F)(F)F)CC1. The molecule has 1 saturated heterocycles. The topological polar surface area (TPSA) is 32.3 Å². The van der Waals surface area contributed by atoms with Crippen LogP contribution in [0.2, 0.25) is 0 Å². The minimum atomic E-state index is -5.84. The predicted molar refractivity (Wildman–Crippen MR) is 54.2 cm³/mol. The van der Waals surface area contributed by atoms with E-state index in [1.165, 1.54) is 0 Å². The molecule has 0 bridgehead atoms. The van der Waals surface area contributed by atoms with Crippen molar-refractivity contribution in [1.82, 2.24) is 10.2 Å². The van der Waals surface area contributed by atoms with Gasteiger partial charge >= 0.3 is 12.1 Å². The smallest absolute Gasteiger partial charge is 0.350 e. The van der Waals surface area contributed by atoms with Gasteiger partial charge in [0.25, 0.3) is 5.91 Å². The molecule has 8 heteroatoms. The molecule has 1 rings (SSSR count). The van der Waals surface area contributed by atoms with E-state index in [2.05, 4.69) is 0 Å². The van der Waals surface area contributed by atoms with Gasteiger partial charge < -0.3 is 10.2 Å². The maximum Gasteiger partial charge on any atom is 0.463 e. The Morgan fingerprint density at radius 1 is 1.22 bits per heavy atom. The highest BCUT2D eigenvalue weighted by molar-refractivity contribution is 5.84. The number of alkyl halides is 5. The van der Waals surface area contributed by atoms with Crippen molar-refractivity contribution in [2.24, 2.45) is 5.92 Å². The zero-order valence-electron chi connectivity index (χ0n) is 9.86.